The van der Waals surface area contributed by atoms with Crippen LogP contribution in [-0.4, -0.2) is 71.4 Å². The highest BCUT2D eigenvalue weighted by atomic mass is 16.4. The first-order valence-electron chi connectivity index (χ1n) is 10.3. The molecule has 1 aromatic heterocycles. The average Bonchev–Trinajstić information content (AvgIpc) is 3.14. The summed E-state index contributed by atoms with van der Waals surface area (Å²) in [6.45, 7) is 7.29. The molecule has 150 valence electrons. The lowest BCUT2D eigenvalue weighted by molar-refractivity contribution is -0.138. The van der Waals surface area contributed by atoms with Crippen LogP contribution in [0.4, 0.5) is 0 Å². The number of hydrogen-bond donors (Lipinski definition) is 0. The van der Waals surface area contributed by atoms with E-state index in [9.17, 15) is 4.79 Å². The van der Waals surface area contributed by atoms with Crippen LogP contribution in [0.15, 0.2) is 34.7 Å². The van der Waals surface area contributed by atoms with Gasteiger partial charge in [0.15, 0.2) is 5.89 Å². The van der Waals surface area contributed by atoms with Crippen LogP contribution in [0.25, 0.3) is 0 Å². The van der Waals surface area contributed by atoms with Crippen LogP contribution in [0.2, 0.25) is 0 Å². The largest absolute Gasteiger partial charge is 0.445 e. The number of aryl methyl sites for hydroxylation is 2. The van der Waals surface area contributed by atoms with Crippen LogP contribution in [0.1, 0.15) is 29.8 Å². The first kappa shape index (κ1) is 19.2. The molecule has 0 aliphatic carbocycles. The van der Waals surface area contributed by atoms with Crippen LogP contribution in [0.5, 0.6) is 0 Å². The SMILES string of the molecule is CC(C(=O)N1CCc2oc(CCc3ccccc3)nc2C1)N1CCN(C)CC1. The highest BCUT2D eigenvalue weighted by Gasteiger charge is 2.31. The van der Waals surface area contributed by atoms with Crippen LogP contribution in [0, 0.1) is 0 Å². The second kappa shape index (κ2) is 8.45. The van der Waals surface area contributed by atoms with Crippen LogP contribution in [0.3, 0.4) is 0 Å². The Morgan fingerprint density at radius 2 is 1.86 bits per heavy atom. The van der Waals surface area contributed by atoms with Gasteiger partial charge < -0.3 is 14.2 Å². The molecule has 1 aromatic carbocycles. The van der Waals surface area contributed by atoms with Crippen molar-refractivity contribution in [3.8, 4) is 0 Å². The number of fused-ring (bicyclic) bond motifs is 1. The van der Waals surface area contributed by atoms with Gasteiger partial charge in [-0.05, 0) is 26.0 Å². The Morgan fingerprint density at radius 1 is 1.11 bits per heavy atom. The van der Waals surface area contributed by atoms with E-state index in [0.717, 1.165) is 69.3 Å². The molecule has 0 spiro atoms. The van der Waals surface area contributed by atoms with Crippen molar-refractivity contribution in [3.63, 3.8) is 0 Å². The number of aromatic nitrogens is 1. The lowest BCUT2D eigenvalue weighted by Gasteiger charge is -2.38. The first-order chi connectivity index (χ1) is 13.6. The topological polar surface area (TPSA) is 52.8 Å². The second-order valence-electron chi connectivity index (χ2n) is 7.99. The van der Waals surface area contributed by atoms with Gasteiger partial charge in [-0.2, -0.15) is 0 Å². The van der Waals surface area contributed by atoms with Gasteiger partial charge in [0.1, 0.15) is 11.5 Å². The normalized spacial score (nSPS) is 19.4. The molecule has 4 rings (SSSR count). The summed E-state index contributed by atoms with van der Waals surface area (Å²) in [5, 5.41) is 0. The average molecular weight is 383 g/mol. The summed E-state index contributed by atoms with van der Waals surface area (Å²) in [7, 11) is 2.13. The zero-order chi connectivity index (χ0) is 19.5. The molecule has 28 heavy (non-hydrogen) atoms. The smallest absolute Gasteiger partial charge is 0.240 e. The van der Waals surface area contributed by atoms with Crippen molar-refractivity contribution in [2.24, 2.45) is 0 Å². The highest BCUT2D eigenvalue weighted by molar-refractivity contribution is 5.81. The number of carbonyl (C=O) groups excluding carboxylic acids is 1. The summed E-state index contributed by atoms with van der Waals surface area (Å²) in [5.41, 5.74) is 2.23. The molecular formula is C22H30N4O2. The number of amides is 1. The molecule has 1 fully saturated rings. The van der Waals surface area contributed by atoms with Crippen molar-refractivity contribution in [3.05, 3.63) is 53.2 Å². The van der Waals surface area contributed by atoms with Crippen LogP contribution >= 0.6 is 0 Å². The molecule has 1 saturated heterocycles. The lowest BCUT2D eigenvalue weighted by atomic mass is 10.1. The monoisotopic (exact) mass is 382 g/mol. The third-order valence-electron chi connectivity index (χ3n) is 6.00. The molecule has 0 saturated carbocycles. The Kier molecular flexibility index (Phi) is 5.78. The minimum absolute atomic E-state index is 0.0697. The molecule has 6 heteroatoms. The fraction of sp³-hybridized carbons (Fsp3) is 0.545. The fourth-order valence-electron chi connectivity index (χ4n) is 4.07. The molecule has 0 N–H and O–H groups in total. The summed E-state index contributed by atoms with van der Waals surface area (Å²) >= 11 is 0. The van der Waals surface area contributed by atoms with E-state index < -0.39 is 0 Å². The van der Waals surface area contributed by atoms with E-state index in [2.05, 4.69) is 41.1 Å². The Labute approximate surface area is 167 Å². The van der Waals surface area contributed by atoms with Crippen molar-refractivity contribution in [1.29, 1.82) is 0 Å². The van der Waals surface area contributed by atoms with E-state index in [4.69, 9.17) is 9.40 Å². The zero-order valence-corrected chi connectivity index (χ0v) is 16.9. The van der Waals surface area contributed by atoms with E-state index >= 15 is 0 Å². The second-order valence-corrected chi connectivity index (χ2v) is 7.99. The summed E-state index contributed by atoms with van der Waals surface area (Å²) in [4.78, 5) is 24.3. The van der Waals surface area contributed by atoms with Gasteiger partial charge in [-0.25, -0.2) is 4.98 Å². The molecule has 6 nitrogen and oxygen atoms in total. The van der Waals surface area contributed by atoms with E-state index in [1.165, 1.54) is 5.56 Å². The van der Waals surface area contributed by atoms with Gasteiger partial charge in [-0.3, -0.25) is 9.69 Å². The molecule has 0 bridgehead atoms. The highest BCUT2D eigenvalue weighted by Crippen LogP contribution is 2.22. The number of likely N-dealkylation sites (N-methyl/N-ethyl adjacent to an activating group) is 1. The van der Waals surface area contributed by atoms with E-state index in [-0.39, 0.29) is 11.9 Å². The molecule has 0 radical (unpaired) electrons. The molecule has 2 aliphatic rings. The molecular weight excluding hydrogens is 352 g/mol. The van der Waals surface area contributed by atoms with Gasteiger partial charge in [0.25, 0.3) is 0 Å². The minimum atomic E-state index is -0.0697. The summed E-state index contributed by atoms with van der Waals surface area (Å²) in [5.74, 6) is 1.96. The van der Waals surface area contributed by atoms with Crippen LogP contribution in [-0.2, 0) is 30.6 Å². The number of carbonyl (C=O) groups is 1. The van der Waals surface area contributed by atoms with Gasteiger partial charge in [-0.1, -0.05) is 30.3 Å². The Bertz CT molecular complexity index is 796. The third kappa shape index (κ3) is 4.28. The third-order valence-corrected chi connectivity index (χ3v) is 6.00. The van der Waals surface area contributed by atoms with Crippen molar-refractivity contribution in [1.82, 2.24) is 19.7 Å². The summed E-state index contributed by atoms with van der Waals surface area (Å²) < 4.78 is 5.98. The van der Waals surface area contributed by atoms with Gasteiger partial charge in [0.2, 0.25) is 5.91 Å². The van der Waals surface area contributed by atoms with Crippen molar-refractivity contribution >= 4 is 5.91 Å². The van der Waals surface area contributed by atoms with E-state index in [1.54, 1.807) is 0 Å². The predicted molar refractivity (Wildman–Crippen MR) is 108 cm³/mol. The van der Waals surface area contributed by atoms with Gasteiger partial charge in [-0.15, -0.1) is 0 Å². The lowest BCUT2D eigenvalue weighted by Crippen LogP contribution is -2.54. The number of nitrogens with zero attached hydrogens (tertiary/aromatic N) is 4. The first-order valence-corrected chi connectivity index (χ1v) is 10.3. The summed E-state index contributed by atoms with van der Waals surface area (Å²) in [6, 6.07) is 10.3. The molecule has 3 heterocycles. The molecule has 1 amide bonds. The Morgan fingerprint density at radius 3 is 2.61 bits per heavy atom. The maximum Gasteiger partial charge on any atom is 0.240 e. The zero-order valence-electron chi connectivity index (χ0n) is 16.9. The molecule has 1 atom stereocenters. The van der Waals surface area contributed by atoms with Gasteiger partial charge in [0, 0.05) is 45.6 Å². The molecule has 2 aromatic rings. The Hall–Kier alpha value is -2.18. The molecule has 2 aliphatic heterocycles. The number of hydrogen-bond acceptors (Lipinski definition) is 5. The fourth-order valence-corrected chi connectivity index (χ4v) is 4.07. The number of piperazine rings is 1. The van der Waals surface area contributed by atoms with Gasteiger partial charge in [0.05, 0.1) is 12.6 Å². The van der Waals surface area contributed by atoms with Crippen LogP contribution < -0.4 is 0 Å². The van der Waals surface area contributed by atoms with E-state index in [0.29, 0.717) is 6.54 Å². The number of rotatable bonds is 5. The quantitative estimate of drug-likeness (QED) is 0.792. The number of benzene rings is 1. The number of oxazole rings is 1. The molecule has 1 unspecified atom stereocenters. The minimum Gasteiger partial charge on any atom is -0.445 e. The van der Waals surface area contributed by atoms with Crippen molar-refractivity contribution in [2.45, 2.75) is 38.8 Å². The standard InChI is InChI=1S/C22H30N4O2/c1-17(25-14-12-24(2)13-15-25)22(27)26-11-10-20-19(16-26)23-21(28-20)9-8-18-6-4-3-5-7-18/h3-7,17H,8-16H2,1-2H3. The maximum atomic E-state index is 13.0. The Balaban J connectivity index is 1.35. The van der Waals surface area contributed by atoms with E-state index in [1.807, 2.05) is 17.9 Å². The summed E-state index contributed by atoms with van der Waals surface area (Å²) in [6.07, 6.45) is 2.47. The van der Waals surface area contributed by atoms with Crippen molar-refractivity contribution < 1.29 is 9.21 Å². The maximum absolute atomic E-state index is 13.0. The predicted octanol–water partition coefficient (Wildman–Crippen LogP) is 1.98. The van der Waals surface area contributed by atoms with Crippen molar-refractivity contribution in [2.75, 3.05) is 39.8 Å². The van der Waals surface area contributed by atoms with Gasteiger partial charge >= 0.3 is 0 Å².